The lowest BCUT2D eigenvalue weighted by atomic mass is 10.2. The third-order valence-electron chi connectivity index (χ3n) is 4.60. The Morgan fingerprint density at radius 3 is 2.52 bits per heavy atom. The quantitative estimate of drug-likeness (QED) is 0.427. The minimum atomic E-state index is 0.456. The molecule has 6 heteroatoms. The van der Waals surface area contributed by atoms with Gasteiger partial charge >= 0.3 is 0 Å². The second-order valence-corrected chi connectivity index (χ2v) is 7.14. The fraction of sp³-hybridized carbons (Fsp3) is 0.174. The standard InChI is InChI=1S/C23H22ClN3O2/c1-28-22-12-17(8-11-21(22)29-15-16-6-9-18(24)10-7-16)13-25-14-23-26-19-4-2-3-5-20(19)27-23/h2-12,25H,13-15H2,1H3,(H,26,27). The zero-order valence-electron chi connectivity index (χ0n) is 16.1. The van der Waals surface area contributed by atoms with Gasteiger partial charge in [0, 0.05) is 11.6 Å². The molecule has 1 heterocycles. The summed E-state index contributed by atoms with van der Waals surface area (Å²) in [6, 6.07) is 21.6. The van der Waals surface area contributed by atoms with Crippen molar-refractivity contribution < 1.29 is 9.47 Å². The molecule has 2 N–H and O–H groups in total. The lowest BCUT2D eigenvalue weighted by molar-refractivity contribution is 0.284. The molecule has 5 nitrogen and oxygen atoms in total. The molecule has 4 aromatic rings. The first-order valence-corrected chi connectivity index (χ1v) is 9.77. The number of aromatic amines is 1. The SMILES string of the molecule is COc1cc(CNCc2nc3ccccc3[nH]2)ccc1OCc1ccc(Cl)cc1. The van der Waals surface area contributed by atoms with E-state index in [0.29, 0.717) is 36.2 Å². The molecule has 0 aliphatic heterocycles. The van der Waals surface area contributed by atoms with Gasteiger partial charge in [0.05, 0.1) is 24.7 Å². The number of fused-ring (bicyclic) bond motifs is 1. The van der Waals surface area contributed by atoms with Crippen molar-refractivity contribution in [1.29, 1.82) is 0 Å². The molecule has 148 valence electrons. The lowest BCUT2D eigenvalue weighted by Crippen LogP contribution is -2.13. The van der Waals surface area contributed by atoms with Crippen LogP contribution in [0.4, 0.5) is 0 Å². The monoisotopic (exact) mass is 407 g/mol. The Bertz CT molecular complexity index is 1060. The van der Waals surface area contributed by atoms with Gasteiger partial charge in [-0.2, -0.15) is 0 Å². The molecule has 0 aliphatic rings. The van der Waals surface area contributed by atoms with Crippen molar-refractivity contribution in [3.63, 3.8) is 0 Å². The summed E-state index contributed by atoms with van der Waals surface area (Å²) in [6.45, 7) is 1.81. The van der Waals surface area contributed by atoms with E-state index in [1.807, 2.05) is 66.7 Å². The highest BCUT2D eigenvalue weighted by molar-refractivity contribution is 6.30. The largest absolute Gasteiger partial charge is 0.493 e. The van der Waals surface area contributed by atoms with Gasteiger partial charge in [0.2, 0.25) is 0 Å². The summed E-state index contributed by atoms with van der Waals surface area (Å²) in [5.41, 5.74) is 4.19. The smallest absolute Gasteiger partial charge is 0.161 e. The van der Waals surface area contributed by atoms with Crippen LogP contribution in [0.15, 0.2) is 66.7 Å². The first kappa shape index (κ1) is 19.3. The molecular weight excluding hydrogens is 386 g/mol. The van der Waals surface area contributed by atoms with E-state index in [-0.39, 0.29) is 0 Å². The minimum absolute atomic E-state index is 0.456. The van der Waals surface area contributed by atoms with Crippen LogP contribution in [0.5, 0.6) is 11.5 Å². The van der Waals surface area contributed by atoms with E-state index < -0.39 is 0 Å². The van der Waals surface area contributed by atoms with Crippen molar-refractivity contribution in [3.8, 4) is 11.5 Å². The summed E-state index contributed by atoms with van der Waals surface area (Å²) in [5, 5.41) is 4.12. The molecule has 0 atom stereocenters. The van der Waals surface area contributed by atoms with E-state index in [9.17, 15) is 0 Å². The molecule has 0 saturated carbocycles. The number of methoxy groups -OCH3 is 1. The molecule has 0 aliphatic carbocycles. The Kier molecular flexibility index (Phi) is 5.98. The van der Waals surface area contributed by atoms with Gasteiger partial charge in [-0.1, -0.05) is 41.9 Å². The molecule has 0 amide bonds. The summed E-state index contributed by atoms with van der Waals surface area (Å²) in [7, 11) is 1.65. The molecule has 0 fully saturated rings. The Morgan fingerprint density at radius 1 is 0.931 bits per heavy atom. The van der Waals surface area contributed by atoms with E-state index in [1.54, 1.807) is 7.11 Å². The predicted molar refractivity (Wildman–Crippen MR) is 115 cm³/mol. The number of hydrogen-bond donors (Lipinski definition) is 2. The number of halogens is 1. The molecule has 0 spiro atoms. The molecular formula is C23H22ClN3O2. The minimum Gasteiger partial charge on any atom is -0.493 e. The number of para-hydroxylation sites is 2. The highest BCUT2D eigenvalue weighted by Gasteiger charge is 2.07. The maximum atomic E-state index is 5.92. The van der Waals surface area contributed by atoms with E-state index >= 15 is 0 Å². The summed E-state index contributed by atoms with van der Waals surface area (Å²) in [4.78, 5) is 7.90. The van der Waals surface area contributed by atoms with Crippen LogP contribution in [0.1, 0.15) is 17.0 Å². The molecule has 0 radical (unpaired) electrons. The van der Waals surface area contributed by atoms with Gasteiger partial charge in [0.15, 0.2) is 11.5 Å². The van der Waals surface area contributed by atoms with Gasteiger partial charge in [-0.25, -0.2) is 4.98 Å². The summed E-state index contributed by atoms with van der Waals surface area (Å²) >= 11 is 5.92. The van der Waals surface area contributed by atoms with Crippen LogP contribution in [0.2, 0.25) is 5.02 Å². The Hall–Kier alpha value is -3.02. The second-order valence-electron chi connectivity index (χ2n) is 6.70. The van der Waals surface area contributed by atoms with Gasteiger partial charge in [-0.3, -0.25) is 0 Å². The number of hydrogen-bond acceptors (Lipinski definition) is 4. The number of nitrogens with zero attached hydrogens (tertiary/aromatic N) is 1. The van der Waals surface area contributed by atoms with E-state index in [1.165, 1.54) is 0 Å². The number of H-pyrrole nitrogens is 1. The van der Waals surface area contributed by atoms with Gasteiger partial charge in [-0.05, 0) is 47.5 Å². The van der Waals surface area contributed by atoms with Gasteiger partial charge in [0.1, 0.15) is 12.4 Å². The van der Waals surface area contributed by atoms with E-state index in [2.05, 4.69) is 15.3 Å². The number of nitrogens with one attached hydrogen (secondary N) is 2. The molecule has 0 saturated heterocycles. The summed E-state index contributed by atoms with van der Waals surface area (Å²) in [5.74, 6) is 2.34. The fourth-order valence-electron chi connectivity index (χ4n) is 3.10. The van der Waals surface area contributed by atoms with Crippen molar-refractivity contribution in [1.82, 2.24) is 15.3 Å². The molecule has 29 heavy (non-hydrogen) atoms. The van der Waals surface area contributed by atoms with Crippen LogP contribution in [0, 0.1) is 0 Å². The number of benzene rings is 3. The van der Waals surface area contributed by atoms with Crippen molar-refractivity contribution in [2.45, 2.75) is 19.7 Å². The maximum Gasteiger partial charge on any atom is 0.161 e. The Balaban J connectivity index is 1.35. The van der Waals surface area contributed by atoms with Crippen LogP contribution >= 0.6 is 11.6 Å². The molecule has 4 rings (SSSR count). The Labute approximate surface area is 174 Å². The summed E-state index contributed by atoms with van der Waals surface area (Å²) in [6.07, 6.45) is 0. The second kappa shape index (κ2) is 8.99. The highest BCUT2D eigenvalue weighted by Crippen LogP contribution is 2.29. The molecule has 1 aromatic heterocycles. The average molecular weight is 408 g/mol. The van der Waals surface area contributed by atoms with Crippen molar-refractivity contribution >= 4 is 22.6 Å². The normalized spacial score (nSPS) is 11.0. The number of ether oxygens (including phenoxy) is 2. The number of rotatable bonds is 8. The van der Waals surface area contributed by atoms with Crippen LogP contribution < -0.4 is 14.8 Å². The van der Waals surface area contributed by atoms with Gasteiger partial charge in [0.25, 0.3) is 0 Å². The lowest BCUT2D eigenvalue weighted by Gasteiger charge is -2.13. The maximum absolute atomic E-state index is 5.92. The fourth-order valence-corrected chi connectivity index (χ4v) is 3.22. The third kappa shape index (κ3) is 4.88. The van der Waals surface area contributed by atoms with Crippen LogP contribution in [-0.4, -0.2) is 17.1 Å². The van der Waals surface area contributed by atoms with Crippen LogP contribution in [0.25, 0.3) is 11.0 Å². The van der Waals surface area contributed by atoms with Crippen molar-refractivity contribution in [3.05, 3.63) is 88.7 Å². The first-order valence-electron chi connectivity index (χ1n) is 9.40. The van der Waals surface area contributed by atoms with Crippen LogP contribution in [-0.2, 0) is 19.7 Å². The number of aromatic nitrogens is 2. The van der Waals surface area contributed by atoms with Gasteiger partial charge < -0.3 is 19.8 Å². The van der Waals surface area contributed by atoms with Crippen LogP contribution in [0.3, 0.4) is 0 Å². The zero-order valence-corrected chi connectivity index (χ0v) is 16.9. The molecule has 3 aromatic carbocycles. The average Bonchev–Trinajstić information content (AvgIpc) is 3.16. The van der Waals surface area contributed by atoms with Crippen molar-refractivity contribution in [2.75, 3.05) is 7.11 Å². The summed E-state index contributed by atoms with van der Waals surface area (Å²) < 4.78 is 11.4. The first-order chi connectivity index (χ1) is 14.2. The molecule has 0 bridgehead atoms. The number of imidazole rings is 1. The topological polar surface area (TPSA) is 59.2 Å². The van der Waals surface area contributed by atoms with Crippen molar-refractivity contribution in [2.24, 2.45) is 0 Å². The third-order valence-corrected chi connectivity index (χ3v) is 4.85. The van der Waals surface area contributed by atoms with Gasteiger partial charge in [-0.15, -0.1) is 0 Å². The Morgan fingerprint density at radius 2 is 1.72 bits per heavy atom. The predicted octanol–water partition coefficient (Wildman–Crippen LogP) is 5.09. The zero-order chi connectivity index (χ0) is 20.1. The van der Waals surface area contributed by atoms with E-state index in [0.717, 1.165) is 28.0 Å². The molecule has 0 unspecified atom stereocenters. The highest BCUT2D eigenvalue weighted by atomic mass is 35.5. The van der Waals surface area contributed by atoms with E-state index in [4.69, 9.17) is 21.1 Å².